The lowest BCUT2D eigenvalue weighted by molar-refractivity contribution is 0.631. The third-order valence-electron chi connectivity index (χ3n) is 5.94. The highest BCUT2D eigenvalue weighted by atomic mass is 32.1. The van der Waals surface area contributed by atoms with Gasteiger partial charge in [-0.3, -0.25) is 0 Å². The van der Waals surface area contributed by atoms with Gasteiger partial charge in [-0.25, -0.2) is 14.4 Å². The van der Waals surface area contributed by atoms with Crippen LogP contribution in [0.3, 0.4) is 0 Å². The highest BCUT2D eigenvalue weighted by molar-refractivity contribution is 7.25. The van der Waals surface area contributed by atoms with E-state index < -0.39 is 0 Å². The van der Waals surface area contributed by atoms with Crippen molar-refractivity contribution in [2.45, 2.75) is 26.7 Å². The normalized spacial score (nSPS) is 12.0. The minimum atomic E-state index is -0.260. The minimum absolute atomic E-state index is 0.260. The summed E-state index contributed by atoms with van der Waals surface area (Å²) < 4.78 is 17.3. The van der Waals surface area contributed by atoms with Gasteiger partial charge in [0, 0.05) is 31.7 Å². The van der Waals surface area contributed by atoms with Gasteiger partial charge < -0.3 is 9.97 Å². The highest BCUT2D eigenvalue weighted by Crippen LogP contribution is 2.38. The molecule has 4 nitrogen and oxygen atoms in total. The van der Waals surface area contributed by atoms with Crippen molar-refractivity contribution in [3.63, 3.8) is 0 Å². The summed E-state index contributed by atoms with van der Waals surface area (Å²) in [6.07, 6.45) is 1.66. The van der Waals surface area contributed by atoms with E-state index in [9.17, 15) is 4.39 Å². The summed E-state index contributed by atoms with van der Waals surface area (Å²) >= 11 is 1.75. The average Bonchev–Trinajstić information content (AvgIpc) is 3.47. The van der Waals surface area contributed by atoms with Crippen molar-refractivity contribution < 1.29 is 4.39 Å². The molecule has 3 aromatic heterocycles. The van der Waals surface area contributed by atoms with Gasteiger partial charge in [0.25, 0.3) is 0 Å². The molecule has 0 radical (unpaired) electrons. The third kappa shape index (κ3) is 3.02. The Morgan fingerprint density at radius 2 is 1.69 bits per heavy atom. The number of halogens is 1. The van der Waals surface area contributed by atoms with E-state index in [2.05, 4.69) is 59.1 Å². The number of H-pyrrole nitrogens is 2. The molecule has 0 aliphatic carbocycles. The van der Waals surface area contributed by atoms with Gasteiger partial charge >= 0.3 is 0 Å². The maximum Gasteiger partial charge on any atom is 0.133 e. The van der Waals surface area contributed by atoms with E-state index in [1.807, 2.05) is 19.1 Å². The number of fused-ring (bicyclic) bond motifs is 4. The molecule has 158 valence electrons. The molecule has 0 atom stereocenters. The Labute approximate surface area is 188 Å². The quantitative estimate of drug-likeness (QED) is 0.298. The molecule has 3 aromatic carbocycles. The van der Waals surface area contributed by atoms with Gasteiger partial charge in [-0.15, -0.1) is 11.3 Å². The molecule has 0 saturated carbocycles. The fraction of sp³-hybridized carbons (Fsp3) is 0.154. The molecule has 32 heavy (non-hydrogen) atoms. The SMILES string of the molecule is Cc1ncc(-c2ccc(-c3ccc4c(c3)sc3cc5nc(C(C)C)[nH]c5cc34)cc2F)[nH]1. The minimum Gasteiger partial charge on any atom is -0.342 e. The van der Waals surface area contributed by atoms with Gasteiger partial charge in [0.1, 0.15) is 17.5 Å². The Morgan fingerprint density at radius 1 is 0.906 bits per heavy atom. The number of hydrogen-bond acceptors (Lipinski definition) is 3. The van der Waals surface area contributed by atoms with Crippen LogP contribution in [0.1, 0.15) is 31.4 Å². The molecule has 0 unspecified atom stereocenters. The lowest BCUT2D eigenvalue weighted by Crippen LogP contribution is -1.88. The fourth-order valence-electron chi connectivity index (χ4n) is 4.22. The molecular weight excluding hydrogens is 419 g/mol. The number of thiophene rings is 1. The Hall–Kier alpha value is -3.51. The number of imidazole rings is 2. The molecule has 6 aromatic rings. The number of aromatic nitrogens is 4. The predicted molar refractivity (Wildman–Crippen MR) is 131 cm³/mol. The van der Waals surface area contributed by atoms with Crippen molar-refractivity contribution >= 4 is 42.5 Å². The van der Waals surface area contributed by atoms with Crippen LogP contribution in [0, 0.1) is 12.7 Å². The molecule has 0 aliphatic heterocycles. The number of hydrogen-bond donors (Lipinski definition) is 2. The van der Waals surface area contributed by atoms with Crippen molar-refractivity contribution in [3.05, 3.63) is 72.2 Å². The van der Waals surface area contributed by atoms with Crippen molar-refractivity contribution in [3.8, 4) is 22.4 Å². The van der Waals surface area contributed by atoms with E-state index in [4.69, 9.17) is 4.98 Å². The van der Waals surface area contributed by atoms with E-state index >= 15 is 0 Å². The number of nitrogens with one attached hydrogen (secondary N) is 2. The molecule has 0 amide bonds. The van der Waals surface area contributed by atoms with Crippen LogP contribution in [0.5, 0.6) is 0 Å². The monoisotopic (exact) mass is 440 g/mol. The Kier molecular flexibility index (Phi) is 4.20. The van der Waals surface area contributed by atoms with Crippen LogP contribution < -0.4 is 0 Å². The van der Waals surface area contributed by atoms with E-state index in [0.717, 1.165) is 33.8 Å². The molecular formula is C26H21FN4S. The Balaban J connectivity index is 1.43. The van der Waals surface area contributed by atoms with Crippen LogP contribution in [0.2, 0.25) is 0 Å². The predicted octanol–water partition coefficient (Wildman–Crippen LogP) is 7.56. The smallest absolute Gasteiger partial charge is 0.133 e. The molecule has 6 heteroatoms. The third-order valence-corrected chi connectivity index (χ3v) is 7.05. The fourth-order valence-corrected chi connectivity index (χ4v) is 5.38. The summed E-state index contributed by atoms with van der Waals surface area (Å²) in [5, 5.41) is 2.43. The maximum absolute atomic E-state index is 14.9. The topological polar surface area (TPSA) is 57.4 Å². The molecule has 2 N–H and O–H groups in total. The zero-order valence-corrected chi connectivity index (χ0v) is 18.8. The van der Waals surface area contributed by atoms with Gasteiger partial charge in [0.15, 0.2) is 0 Å². The summed E-state index contributed by atoms with van der Waals surface area (Å²) in [7, 11) is 0. The summed E-state index contributed by atoms with van der Waals surface area (Å²) in [6, 6.07) is 16.1. The van der Waals surface area contributed by atoms with Crippen LogP contribution in [0.15, 0.2) is 54.7 Å². The lowest BCUT2D eigenvalue weighted by Gasteiger charge is -2.06. The molecule has 0 aliphatic rings. The van der Waals surface area contributed by atoms with Crippen LogP contribution in [-0.2, 0) is 0 Å². The number of nitrogens with zero attached hydrogens (tertiary/aromatic N) is 2. The van der Waals surface area contributed by atoms with Crippen LogP contribution in [0.25, 0.3) is 53.6 Å². The molecule has 0 spiro atoms. The summed E-state index contributed by atoms with van der Waals surface area (Å²) in [5.74, 6) is 1.89. The number of aryl methyl sites for hydroxylation is 1. The zero-order valence-electron chi connectivity index (χ0n) is 18.0. The van der Waals surface area contributed by atoms with E-state index in [1.54, 1.807) is 23.6 Å². The summed E-state index contributed by atoms with van der Waals surface area (Å²) in [4.78, 5) is 15.5. The van der Waals surface area contributed by atoms with Gasteiger partial charge in [-0.1, -0.05) is 32.0 Å². The van der Waals surface area contributed by atoms with Gasteiger partial charge in [0.05, 0.1) is 22.9 Å². The maximum atomic E-state index is 14.9. The zero-order chi connectivity index (χ0) is 22.0. The highest BCUT2D eigenvalue weighted by Gasteiger charge is 2.13. The van der Waals surface area contributed by atoms with Crippen LogP contribution in [0.4, 0.5) is 4.39 Å². The number of aromatic amines is 2. The largest absolute Gasteiger partial charge is 0.342 e. The first-order chi connectivity index (χ1) is 15.5. The molecule has 3 heterocycles. The molecule has 0 saturated heterocycles. The van der Waals surface area contributed by atoms with Crippen molar-refractivity contribution in [1.29, 1.82) is 0 Å². The standard InChI is InChI=1S/C26H21FN4S/c1-13(2)26-30-21-10-19-17-6-4-16(9-24(17)32-25(19)11-22(21)31-26)15-5-7-18(20(27)8-15)23-12-28-14(3)29-23/h4-13H,1-3H3,(H,28,29)(H,30,31). The van der Waals surface area contributed by atoms with Crippen molar-refractivity contribution in [2.24, 2.45) is 0 Å². The van der Waals surface area contributed by atoms with E-state index in [-0.39, 0.29) is 5.82 Å². The molecule has 0 bridgehead atoms. The number of rotatable bonds is 3. The van der Waals surface area contributed by atoms with E-state index in [1.165, 1.54) is 20.2 Å². The summed E-state index contributed by atoms with van der Waals surface area (Å²) in [5.41, 5.74) is 5.15. The second-order valence-corrected chi connectivity index (χ2v) is 9.62. The van der Waals surface area contributed by atoms with Gasteiger partial charge in [-0.05, 0) is 48.4 Å². The van der Waals surface area contributed by atoms with Gasteiger partial charge in [0.2, 0.25) is 0 Å². The average molecular weight is 441 g/mol. The summed E-state index contributed by atoms with van der Waals surface area (Å²) in [6.45, 7) is 6.14. The number of benzene rings is 3. The molecule has 0 fully saturated rings. The van der Waals surface area contributed by atoms with Crippen molar-refractivity contribution in [1.82, 2.24) is 19.9 Å². The van der Waals surface area contributed by atoms with E-state index in [0.29, 0.717) is 17.2 Å². The first-order valence-corrected chi connectivity index (χ1v) is 11.5. The molecule has 6 rings (SSSR count). The van der Waals surface area contributed by atoms with Crippen LogP contribution in [-0.4, -0.2) is 19.9 Å². The van der Waals surface area contributed by atoms with Crippen molar-refractivity contribution in [2.75, 3.05) is 0 Å². The lowest BCUT2D eigenvalue weighted by atomic mass is 10.0. The van der Waals surface area contributed by atoms with Gasteiger partial charge in [-0.2, -0.15) is 0 Å². The van der Waals surface area contributed by atoms with Crippen LogP contribution >= 0.6 is 11.3 Å². The second kappa shape index (κ2) is 7.00. The first-order valence-electron chi connectivity index (χ1n) is 10.6. The Bertz CT molecular complexity index is 1640. The second-order valence-electron chi connectivity index (χ2n) is 8.53. The Morgan fingerprint density at radius 3 is 2.44 bits per heavy atom. The first kappa shape index (κ1) is 19.2.